The minimum absolute atomic E-state index is 0.873. The van der Waals surface area contributed by atoms with Gasteiger partial charge in [0, 0.05) is 28.0 Å². The van der Waals surface area contributed by atoms with Crippen LogP contribution in [0.3, 0.4) is 0 Å². The molecule has 0 spiro atoms. The molecule has 3 aromatic heterocycles. The van der Waals surface area contributed by atoms with Gasteiger partial charge in [-0.3, -0.25) is 4.98 Å². The molecular formula is C32H21N3. The second-order valence-electron chi connectivity index (χ2n) is 8.71. The highest BCUT2D eigenvalue weighted by molar-refractivity contribution is 6.09. The van der Waals surface area contributed by atoms with Crippen LogP contribution in [-0.4, -0.2) is 14.5 Å². The van der Waals surface area contributed by atoms with Crippen molar-refractivity contribution in [3.05, 3.63) is 128 Å². The van der Waals surface area contributed by atoms with Crippen molar-refractivity contribution in [3.63, 3.8) is 0 Å². The van der Waals surface area contributed by atoms with Gasteiger partial charge in [0.25, 0.3) is 0 Å². The fraction of sp³-hybridized carbons (Fsp3) is 0. The van der Waals surface area contributed by atoms with Gasteiger partial charge in [-0.15, -0.1) is 0 Å². The number of fused-ring (bicyclic) bond motifs is 4. The zero-order chi connectivity index (χ0) is 23.2. The molecule has 0 saturated carbocycles. The summed E-state index contributed by atoms with van der Waals surface area (Å²) < 4.78 is 2.35. The molecule has 0 aliphatic heterocycles. The van der Waals surface area contributed by atoms with E-state index in [1.807, 2.05) is 24.4 Å². The first-order valence-corrected chi connectivity index (χ1v) is 11.8. The summed E-state index contributed by atoms with van der Waals surface area (Å²) in [4.78, 5) is 9.56. The average Bonchev–Trinajstić information content (AvgIpc) is 3.28. The lowest BCUT2D eigenvalue weighted by molar-refractivity contribution is 1.18. The van der Waals surface area contributed by atoms with Gasteiger partial charge in [-0.2, -0.15) is 0 Å². The number of hydrogen-bond donors (Lipinski definition) is 0. The number of nitrogens with zero attached hydrogens (tertiary/aromatic N) is 3. The van der Waals surface area contributed by atoms with Crippen molar-refractivity contribution >= 4 is 32.7 Å². The van der Waals surface area contributed by atoms with Gasteiger partial charge in [-0.05, 0) is 59.7 Å². The lowest BCUT2D eigenvalue weighted by Gasteiger charge is -2.13. The molecule has 4 aromatic carbocycles. The predicted molar refractivity (Wildman–Crippen MR) is 145 cm³/mol. The summed E-state index contributed by atoms with van der Waals surface area (Å²) in [6.45, 7) is 0. The van der Waals surface area contributed by atoms with Crippen LogP contribution in [0.2, 0.25) is 0 Å². The molecule has 35 heavy (non-hydrogen) atoms. The number of hydrogen-bond acceptors (Lipinski definition) is 2. The molecule has 0 fully saturated rings. The van der Waals surface area contributed by atoms with E-state index in [1.165, 1.54) is 21.8 Å². The van der Waals surface area contributed by atoms with Gasteiger partial charge >= 0.3 is 0 Å². The molecule has 0 aliphatic rings. The molecule has 0 radical (unpaired) electrons. The minimum atomic E-state index is 0.873. The number of rotatable bonds is 3. The molecule has 0 saturated heterocycles. The molecule has 0 bridgehead atoms. The van der Waals surface area contributed by atoms with Crippen LogP contribution in [0.5, 0.6) is 0 Å². The first-order chi connectivity index (χ1) is 17.4. The standard InChI is InChI=1S/C32H21N3/c1-2-10-22(11-3-1)26-21-30(29-14-8-9-19-33-29)34-28-18-17-23(20-27(26)28)35-31-15-6-4-12-24(31)25-13-5-7-16-32(25)35/h1-21H. The van der Waals surface area contributed by atoms with Crippen LogP contribution in [0.4, 0.5) is 0 Å². The first kappa shape index (κ1) is 19.7. The van der Waals surface area contributed by atoms with E-state index in [9.17, 15) is 0 Å². The largest absolute Gasteiger partial charge is 0.309 e. The summed E-state index contributed by atoms with van der Waals surface area (Å²) in [5.41, 5.74) is 8.55. The summed E-state index contributed by atoms with van der Waals surface area (Å²) >= 11 is 0. The third kappa shape index (κ3) is 3.21. The van der Waals surface area contributed by atoms with Gasteiger partial charge in [-0.1, -0.05) is 72.8 Å². The van der Waals surface area contributed by atoms with Crippen LogP contribution in [0.15, 0.2) is 128 Å². The summed E-state index contributed by atoms with van der Waals surface area (Å²) in [6.07, 6.45) is 1.81. The lowest BCUT2D eigenvalue weighted by Crippen LogP contribution is -1.96. The van der Waals surface area contributed by atoms with E-state index >= 15 is 0 Å². The topological polar surface area (TPSA) is 30.7 Å². The van der Waals surface area contributed by atoms with E-state index in [0.29, 0.717) is 0 Å². The van der Waals surface area contributed by atoms with E-state index in [-0.39, 0.29) is 0 Å². The van der Waals surface area contributed by atoms with Crippen LogP contribution < -0.4 is 0 Å². The molecule has 7 rings (SSSR count). The smallest absolute Gasteiger partial charge is 0.0900 e. The Morgan fingerprint density at radius 3 is 1.91 bits per heavy atom. The Kier molecular flexibility index (Phi) is 4.46. The Morgan fingerprint density at radius 1 is 0.514 bits per heavy atom. The second kappa shape index (κ2) is 7.93. The van der Waals surface area contributed by atoms with Crippen LogP contribution in [0, 0.1) is 0 Å². The second-order valence-corrected chi connectivity index (χ2v) is 8.71. The van der Waals surface area contributed by atoms with Crippen LogP contribution in [0.1, 0.15) is 0 Å². The zero-order valence-corrected chi connectivity index (χ0v) is 19.0. The minimum Gasteiger partial charge on any atom is -0.309 e. The molecule has 3 heteroatoms. The Hall–Kier alpha value is -4.76. The first-order valence-electron chi connectivity index (χ1n) is 11.8. The Balaban J connectivity index is 1.54. The van der Waals surface area contributed by atoms with Gasteiger partial charge in [0.2, 0.25) is 0 Å². The van der Waals surface area contributed by atoms with E-state index in [4.69, 9.17) is 4.98 Å². The molecule has 0 unspecified atom stereocenters. The monoisotopic (exact) mass is 447 g/mol. The third-order valence-electron chi connectivity index (χ3n) is 6.64. The summed E-state index contributed by atoms with van der Waals surface area (Å²) in [6, 6.07) is 42.4. The third-order valence-corrected chi connectivity index (χ3v) is 6.64. The van der Waals surface area contributed by atoms with Gasteiger partial charge in [0.1, 0.15) is 0 Å². The Morgan fingerprint density at radius 2 is 1.20 bits per heavy atom. The van der Waals surface area contributed by atoms with Gasteiger partial charge in [-0.25, -0.2) is 4.98 Å². The van der Waals surface area contributed by atoms with Crippen LogP contribution in [0.25, 0.3) is 60.9 Å². The fourth-order valence-corrected chi connectivity index (χ4v) is 5.06. The van der Waals surface area contributed by atoms with Crippen LogP contribution in [-0.2, 0) is 0 Å². The van der Waals surface area contributed by atoms with Gasteiger partial charge in [0.05, 0.1) is 27.9 Å². The maximum absolute atomic E-state index is 5.01. The summed E-state index contributed by atoms with van der Waals surface area (Å²) in [5, 5.41) is 3.64. The van der Waals surface area contributed by atoms with Crippen LogP contribution >= 0.6 is 0 Å². The van der Waals surface area contributed by atoms with Gasteiger partial charge < -0.3 is 4.57 Å². The highest BCUT2D eigenvalue weighted by Gasteiger charge is 2.15. The molecule has 0 atom stereocenters. The fourth-order valence-electron chi connectivity index (χ4n) is 5.06. The van der Waals surface area contributed by atoms with Crippen molar-refractivity contribution in [3.8, 4) is 28.2 Å². The number of aromatic nitrogens is 3. The van der Waals surface area contributed by atoms with E-state index < -0.39 is 0 Å². The molecule has 3 heterocycles. The molecule has 0 N–H and O–H groups in total. The Bertz CT molecular complexity index is 1780. The predicted octanol–water partition coefficient (Wildman–Crippen LogP) is 8.06. The maximum Gasteiger partial charge on any atom is 0.0900 e. The molecule has 3 nitrogen and oxygen atoms in total. The molecular weight excluding hydrogens is 426 g/mol. The molecule has 0 amide bonds. The van der Waals surface area contributed by atoms with Crippen molar-refractivity contribution < 1.29 is 0 Å². The highest BCUT2D eigenvalue weighted by Crippen LogP contribution is 2.36. The lowest BCUT2D eigenvalue weighted by atomic mass is 9.99. The number of pyridine rings is 2. The van der Waals surface area contributed by atoms with E-state index in [2.05, 4.69) is 113 Å². The summed E-state index contributed by atoms with van der Waals surface area (Å²) in [5.74, 6) is 0. The molecule has 7 aromatic rings. The van der Waals surface area contributed by atoms with E-state index in [1.54, 1.807) is 0 Å². The van der Waals surface area contributed by atoms with Crippen molar-refractivity contribution in [2.24, 2.45) is 0 Å². The Labute approximate surface area is 203 Å². The van der Waals surface area contributed by atoms with Gasteiger partial charge in [0.15, 0.2) is 0 Å². The van der Waals surface area contributed by atoms with Crippen molar-refractivity contribution in [1.82, 2.24) is 14.5 Å². The normalized spacial score (nSPS) is 11.4. The van der Waals surface area contributed by atoms with Crippen molar-refractivity contribution in [1.29, 1.82) is 0 Å². The number of benzene rings is 4. The van der Waals surface area contributed by atoms with Crippen molar-refractivity contribution in [2.75, 3.05) is 0 Å². The SMILES string of the molecule is c1ccc(-c2cc(-c3ccccn3)nc3ccc(-n4c5ccccc5c5ccccc54)cc23)cc1. The number of para-hydroxylation sites is 2. The molecule has 0 aliphatic carbocycles. The maximum atomic E-state index is 5.01. The highest BCUT2D eigenvalue weighted by atomic mass is 15.0. The quantitative estimate of drug-likeness (QED) is 0.274. The zero-order valence-electron chi connectivity index (χ0n) is 19.0. The van der Waals surface area contributed by atoms with Crippen molar-refractivity contribution in [2.45, 2.75) is 0 Å². The molecule has 164 valence electrons. The van der Waals surface area contributed by atoms with E-state index in [0.717, 1.165) is 39.1 Å². The summed E-state index contributed by atoms with van der Waals surface area (Å²) in [7, 11) is 0. The average molecular weight is 448 g/mol.